The fourth-order valence-electron chi connectivity index (χ4n) is 3.06. The number of cyclic esters (lactones) is 1. The summed E-state index contributed by atoms with van der Waals surface area (Å²) in [5.74, 6) is -0.787. The van der Waals surface area contributed by atoms with Crippen molar-refractivity contribution < 1.29 is 24.9 Å². The predicted octanol–water partition coefficient (Wildman–Crippen LogP) is -0.569. The molecule has 0 aromatic rings. The Hall–Kier alpha value is -0.650. The fourth-order valence-corrected chi connectivity index (χ4v) is 3.06. The summed E-state index contributed by atoms with van der Waals surface area (Å²) >= 11 is 0. The van der Waals surface area contributed by atoms with Gasteiger partial charge in [0.1, 0.15) is 17.6 Å². The van der Waals surface area contributed by atoms with Gasteiger partial charge >= 0.3 is 5.97 Å². The lowest BCUT2D eigenvalue weighted by Gasteiger charge is -2.44. The lowest BCUT2D eigenvalue weighted by atomic mass is 9.61. The van der Waals surface area contributed by atoms with Gasteiger partial charge in [0.05, 0.1) is 12.2 Å². The molecule has 6 atom stereocenters. The number of carbonyl (C=O) groups excluding carboxylic acids is 1. The molecule has 0 aromatic heterocycles. The number of esters is 1. The van der Waals surface area contributed by atoms with Crippen molar-refractivity contribution in [3.8, 4) is 0 Å². The Labute approximate surface area is 94.0 Å². The summed E-state index contributed by atoms with van der Waals surface area (Å²) in [7, 11) is 0. The average Bonchev–Trinajstić information content (AvgIpc) is 2.45. The molecule has 5 nitrogen and oxygen atoms in total. The molecule has 2 aliphatic rings. The van der Waals surface area contributed by atoms with Crippen LogP contribution in [0.1, 0.15) is 26.7 Å². The van der Waals surface area contributed by atoms with Crippen molar-refractivity contribution in [2.45, 2.75) is 51.1 Å². The first kappa shape index (κ1) is 11.8. The number of hydrogen-bond donors (Lipinski definition) is 3. The second-order valence-electron chi connectivity index (χ2n) is 4.98. The van der Waals surface area contributed by atoms with Gasteiger partial charge in [-0.3, -0.25) is 4.79 Å². The molecule has 0 aromatic carbocycles. The third kappa shape index (κ3) is 1.25. The maximum atomic E-state index is 11.9. The lowest BCUT2D eigenvalue weighted by Crippen LogP contribution is -2.59. The van der Waals surface area contributed by atoms with Crippen LogP contribution in [0.4, 0.5) is 0 Å². The first-order chi connectivity index (χ1) is 7.42. The highest BCUT2D eigenvalue weighted by Crippen LogP contribution is 2.49. The lowest BCUT2D eigenvalue weighted by molar-refractivity contribution is -0.179. The smallest absolute Gasteiger partial charge is 0.318 e. The van der Waals surface area contributed by atoms with Crippen molar-refractivity contribution >= 4 is 5.97 Å². The molecule has 92 valence electrons. The Morgan fingerprint density at radius 1 is 1.19 bits per heavy atom. The van der Waals surface area contributed by atoms with E-state index in [1.165, 1.54) is 0 Å². The molecule has 1 saturated carbocycles. The monoisotopic (exact) mass is 230 g/mol. The van der Waals surface area contributed by atoms with E-state index in [0.29, 0.717) is 12.8 Å². The molecule has 1 spiro atoms. The first-order valence-electron chi connectivity index (χ1n) is 5.67. The van der Waals surface area contributed by atoms with Gasteiger partial charge in [0.15, 0.2) is 0 Å². The molecule has 1 saturated heterocycles. The summed E-state index contributed by atoms with van der Waals surface area (Å²) in [6.07, 6.45) is -2.86. The van der Waals surface area contributed by atoms with Crippen molar-refractivity contribution in [3.05, 3.63) is 0 Å². The molecule has 1 aliphatic carbocycles. The summed E-state index contributed by atoms with van der Waals surface area (Å²) in [6.45, 7) is 3.40. The minimum atomic E-state index is -1.35. The van der Waals surface area contributed by atoms with E-state index in [1.807, 2.05) is 0 Å². The number of carbonyl (C=O) groups is 1. The van der Waals surface area contributed by atoms with E-state index in [2.05, 4.69) is 0 Å². The van der Waals surface area contributed by atoms with E-state index in [0.717, 1.165) is 0 Å². The molecular formula is C11H18O5. The van der Waals surface area contributed by atoms with Crippen LogP contribution >= 0.6 is 0 Å². The highest BCUT2D eigenvalue weighted by atomic mass is 16.6. The molecule has 2 rings (SSSR count). The van der Waals surface area contributed by atoms with Crippen LogP contribution in [0.15, 0.2) is 0 Å². The second-order valence-corrected chi connectivity index (χ2v) is 4.98. The Bertz CT molecular complexity index is 305. The number of aliphatic hydroxyl groups excluding tert-OH is 3. The summed E-state index contributed by atoms with van der Waals surface area (Å²) < 4.78 is 5.00. The topological polar surface area (TPSA) is 87.0 Å². The Morgan fingerprint density at radius 2 is 1.81 bits per heavy atom. The largest absolute Gasteiger partial charge is 0.459 e. The van der Waals surface area contributed by atoms with E-state index in [1.54, 1.807) is 13.8 Å². The van der Waals surface area contributed by atoms with Gasteiger partial charge < -0.3 is 20.1 Å². The molecule has 1 heterocycles. The fraction of sp³-hybridized carbons (Fsp3) is 0.909. The molecule has 5 heteroatoms. The van der Waals surface area contributed by atoms with E-state index >= 15 is 0 Å². The minimum absolute atomic E-state index is 0.196. The van der Waals surface area contributed by atoms with Gasteiger partial charge in [-0.15, -0.1) is 0 Å². The normalized spacial score (nSPS) is 53.1. The van der Waals surface area contributed by atoms with Crippen molar-refractivity contribution in [3.63, 3.8) is 0 Å². The summed E-state index contributed by atoms with van der Waals surface area (Å²) in [6, 6.07) is 0. The SMILES string of the molecule is CC1OC(=O)C2(C(C)CCC(O)C2O)C1O. The Balaban J connectivity index is 2.43. The number of hydrogen-bond acceptors (Lipinski definition) is 5. The molecule has 1 aliphatic heterocycles. The molecule has 3 N–H and O–H groups in total. The summed E-state index contributed by atoms with van der Waals surface area (Å²) in [4.78, 5) is 11.9. The van der Waals surface area contributed by atoms with Gasteiger partial charge in [0.2, 0.25) is 0 Å². The zero-order valence-corrected chi connectivity index (χ0v) is 9.46. The van der Waals surface area contributed by atoms with Crippen LogP contribution in [0.25, 0.3) is 0 Å². The summed E-state index contributed by atoms with van der Waals surface area (Å²) in [5.41, 5.74) is -1.35. The molecule has 0 radical (unpaired) electrons. The van der Waals surface area contributed by atoms with Crippen LogP contribution in [0.3, 0.4) is 0 Å². The zero-order chi connectivity index (χ0) is 12.1. The summed E-state index contributed by atoms with van der Waals surface area (Å²) in [5, 5.41) is 29.8. The Kier molecular flexibility index (Phi) is 2.72. The van der Waals surface area contributed by atoms with Crippen LogP contribution in [0, 0.1) is 11.3 Å². The van der Waals surface area contributed by atoms with Gasteiger partial charge in [-0.1, -0.05) is 6.92 Å². The van der Waals surface area contributed by atoms with Crippen molar-refractivity contribution in [2.75, 3.05) is 0 Å². The Morgan fingerprint density at radius 3 is 2.31 bits per heavy atom. The highest BCUT2D eigenvalue weighted by Gasteiger charge is 2.65. The van der Waals surface area contributed by atoms with Crippen LogP contribution in [-0.4, -0.2) is 45.7 Å². The molecule has 2 fully saturated rings. The molecule has 16 heavy (non-hydrogen) atoms. The maximum Gasteiger partial charge on any atom is 0.318 e. The first-order valence-corrected chi connectivity index (χ1v) is 5.67. The van der Waals surface area contributed by atoms with Crippen LogP contribution < -0.4 is 0 Å². The minimum Gasteiger partial charge on any atom is -0.459 e. The van der Waals surface area contributed by atoms with Gasteiger partial charge in [-0.2, -0.15) is 0 Å². The van der Waals surface area contributed by atoms with Crippen molar-refractivity contribution in [1.29, 1.82) is 0 Å². The highest BCUT2D eigenvalue weighted by molar-refractivity contribution is 5.81. The third-order valence-corrected chi connectivity index (χ3v) is 4.15. The van der Waals surface area contributed by atoms with Gasteiger partial charge in [-0.25, -0.2) is 0 Å². The van der Waals surface area contributed by atoms with Gasteiger partial charge in [0, 0.05) is 0 Å². The maximum absolute atomic E-state index is 11.9. The molecule has 0 bridgehead atoms. The third-order valence-electron chi connectivity index (χ3n) is 4.15. The second kappa shape index (κ2) is 3.68. The van der Waals surface area contributed by atoms with Crippen LogP contribution in [0.2, 0.25) is 0 Å². The van der Waals surface area contributed by atoms with Crippen molar-refractivity contribution in [1.82, 2.24) is 0 Å². The standard InChI is InChI=1S/C11H18O5/c1-5-3-4-7(12)9(14)11(5)8(13)6(2)16-10(11)15/h5-9,12-14H,3-4H2,1-2H3. The zero-order valence-electron chi connectivity index (χ0n) is 9.46. The number of rotatable bonds is 0. The van der Waals surface area contributed by atoms with E-state index in [-0.39, 0.29) is 5.92 Å². The predicted molar refractivity (Wildman–Crippen MR) is 54.4 cm³/mol. The number of aliphatic hydroxyl groups is 3. The van der Waals surface area contributed by atoms with Crippen LogP contribution in [-0.2, 0) is 9.53 Å². The average molecular weight is 230 g/mol. The molecule has 0 amide bonds. The number of ether oxygens (including phenoxy) is 1. The van der Waals surface area contributed by atoms with Crippen LogP contribution in [0.5, 0.6) is 0 Å². The van der Waals surface area contributed by atoms with Gasteiger partial charge in [0.25, 0.3) is 0 Å². The molecular weight excluding hydrogens is 212 g/mol. The van der Waals surface area contributed by atoms with E-state index in [9.17, 15) is 20.1 Å². The van der Waals surface area contributed by atoms with E-state index < -0.39 is 35.8 Å². The van der Waals surface area contributed by atoms with Gasteiger partial charge in [-0.05, 0) is 25.7 Å². The molecule has 6 unspecified atom stereocenters. The van der Waals surface area contributed by atoms with E-state index in [4.69, 9.17) is 4.74 Å². The quantitative estimate of drug-likeness (QED) is 0.485. The van der Waals surface area contributed by atoms with Crippen molar-refractivity contribution in [2.24, 2.45) is 11.3 Å².